The number of aromatic nitrogens is 2. The first-order valence-corrected chi connectivity index (χ1v) is 8.87. The van der Waals surface area contributed by atoms with Crippen molar-refractivity contribution in [3.05, 3.63) is 41.2 Å². The van der Waals surface area contributed by atoms with Gasteiger partial charge in [-0.3, -0.25) is 9.40 Å². The predicted molar refractivity (Wildman–Crippen MR) is 88.6 cm³/mol. The molecule has 0 saturated heterocycles. The van der Waals surface area contributed by atoms with Gasteiger partial charge < -0.3 is 0 Å². The molecule has 0 amide bonds. The van der Waals surface area contributed by atoms with Crippen molar-refractivity contribution < 1.29 is 8.42 Å². The van der Waals surface area contributed by atoms with Crippen molar-refractivity contribution in [2.75, 3.05) is 4.72 Å². The molecule has 0 bridgehead atoms. The monoisotopic (exact) mass is 321 g/mol. The van der Waals surface area contributed by atoms with E-state index < -0.39 is 10.0 Å². The lowest BCUT2D eigenvalue weighted by molar-refractivity contribution is 0.599. The van der Waals surface area contributed by atoms with Gasteiger partial charge in [-0.2, -0.15) is 5.10 Å². The van der Waals surface area contributed by atoms with Crippen molar-refractivity contribution in [1.82, 2.24) is 9.78 Å². The Bertz CT molecular complexity index is 761. The van der Waals surface area contributed by atoms with Crippen molar-refractivity contribution in [3.63, 3.8) is 0 Å². The van der Waals surface area contributed by atoms with Crippen LogP contribution < -0.4 is 4.72 Å². The van der Waals surface area contributed by atoms with E-state index in [0.29, 0.717) is 23.0 Å². The second-order valence-corrected chi connectivity index (χ2v) is 7.28. The molecule has 0 saturated carbocycles. The lowest BCUT2D eigenvalue weighted by atomic mass is 9.99. The number of hydrogen-bond donors (Lipinski definition) is 1. The molecule has 0 unspecified atom stereocenters. The van der Waals surface area contributed by atoms with Gasteiger partial charge in [0.1, 0.15) is 4.90 Å². The number of aryl methyl sites for hydroxylation is 2. The molecule has 22 heavy (non-hydrogen) atoms. The highest BCUT2D eigenvalue weighted by Crippen LogP contribution is 2.24. The standard InChI is InChI=1S/C16H23N3O2S/c1-6-11(2)14-7-9-15(10-8-14)18-22(20,21)16-12(3)17-19(5)13(16)4/h7-11,18H,6H2,1-5H3/t11-/m0/s1. The van der Waals surface area contributed by atoms with Gasteiger partial charge in [0.25, 0.3) is 10.0 Å². The summed E-state index contributed by atoms with van der Waals surface area (Å²) in [6.07, 6.45) is 1.05. The molecular formula is C16H23N3O2S. The smallest absolute Gasteiger partial charge is 0.265 e. The van der Waals surface area contributed by atoms with Gasteiger partial charge in [0.2, 0.25) is 0 Å². The lowest BCUT2D eigenvalue weighted by Gasteiger charge is -2.11. The molecular weight excluding hydrogens is 298 g/mol. The molecule has 0 radical (unpaired) electrons. The molecule has 6 heteroatoms. The first-order chi connectivity index (χ1) is 10.3. The Morgan fingerprint density at radius 3 is 2.27 bits per heavy atom. The van der Waals surface area contributed by atoms with E-state index in [0.717, 1.165) is 6.42 Å². The van der Waals surface area contributed by atoms with Gasteiger partial charge >= 0.3 is 0 Å². The maximum absolute atomic E-state index is 12.6. The van der Waals surface area contributed by atoms with E-state index >= 15 is 0 Å². The second-order valence-electron chi connectivity index (χ2n) is 5.66. The molecule has 120 valence electrons. The number of sulfonamides is 1. The molecule has 1 heterocycles. The van der Waals surface area contributed by atoms with E-state index in [4.69, 9.17) is 0 Å². The topological polar surface area (TPSA) is 64.0 Å². The van der Waals surface area contributed by atoms with E-state index in [1.807, 2.05) is 12.1 Å². The van der Waals surface area contributed by atoms with E-state index in [1.54, 1.807) is 37.7 Å². The van der Waals surface area contributed by atoms with Crippen molar-refractivity contribution in [2.45, 2.75) is 44.9 Å². The lowest BCUT2D eigenvalue weighted by Crippen LogP contribution is -2.15. The normalized spacial score (nSPS) is 13.1. The second kappa shape index (κ2) is 6.12. The van der Waals surface area contributed by atoms with Crippen molar-refractivity contribution in [3.8, 4) is 0 Å². The fraction of sp³-hybridized carbons (Fsp3) is 0.438. The van der Waals surface area contributed by atoms with Crippen molar-refractivity contribution >= 4 is 15.7 Å². The zero-order valence-electron chi connectivity index (χ0n) is 13.7. The maximum atomic E-state index is 12.6. The fourth-order valence-electron chi connectivity index (χ4n) is 2.46. The molecule has 5 nitrogen and oxygen atoms in total. The highest BCUT2D eigenvalue weighted by molar-refractivity contribution is 7.92. The van der Waals surface area contributed by atoms with E-state index in [1.165, 1.54) is 5.56 Å². The van der Waals surface area contributed by atoms with Gasteiger partial charge in [-0.15, -0.1) is 0 Å². The van der Waals surface area contributed by atoms with Crippen LogP contribution in [0.15, 0.2) is 29.2 Å². The van der Waals surface area contributed by atoms with Crippen LogP contribution in [0, 0.1) is 13.8 Å². The average molecular weight is 321 g/mol. The van der Waals surface area contributed by atoms with Gasteiger partial charge in [-0.05, 0) is 43.9 Å². The van der Waals surface area contributed by atoms with Crippen LogP contribution in [0.4, 0.5) is 5.69 Å². The average Bonchev–Trinajstić information content (AvgIpc) is 2.72. The van der Waals surface area contributed by atoms with Crippen molar-refractivity contribution in [2.24, 2.45) is 7.05 Å². The Kier molecular flexibility index (Phi) is 4.60. The summed E-state index contributed by atoms with van der Waals surface area (Å²) in [5.41, 5.74) is 2.90. The summed E-state index contributed by atoms with van der Waals surface area (Å²) < 4.78 is 29.3. The summed E-state index contributed by atoms with van der Waals surface area (Å²) in [6.45, 7) is 7.74. The van der Waals surface area contributed by atoms with E-state index in [2.05, 4.69) is 23.7 Å². The highest BCUT2D eigenvalue weighted by atomic mass is 32.2. The van der Waals surface area contributed by atoms with Crippen molar-refractivity contribution in [1.29, 1.82) is 0 Å². The van der Waals surface area contributed by atoms with Crippen LogP contribution in [-0.4, -0.2) is 18.2 Å². The SMILES string of the molecule is CC[C@H](C)c1ccc(NS(=O)(=O)c2c(C)nn(C)c2C)cc1. The predicted octanol–water partition coefficient (Wildman–Crippen LogP) is 3.35. The number of nitrogens with one attached hydrogen (secondary N) is 1. The quantitative estimate of drug-likeness (QED) is 0.918. The molecule has 1 aromatic carbocycles. The Balaban J connectivity index is 2.29. The van der Waals surface area contributed by atoms with Gasteiger partial charge in [0.15, 0.2) is 0 Å². The van der Waals surface area contributed by atoms with E-state index in [-0.39, 0.29) is 4.90 Å². The minimum atomic E-state index is -3.63. The Morgan fingerprint density at radius 2 is 1.82 bits per heavy atom. The third-order valence-corrected chi connectivity index (χ3v) is 5.69. The molecule has 0 spiro atoms. The summed E-state index contributed by atoms with van der Waals surface area (Å²) >= 11 is 0. The zero-order valence-corrected chi connectivity index (χ0v) is 14.5. The minimum Gasteiger partial charge on any atom is -0.280 e. The summed E-state index contributed by atoms with van der Waals surface area (Å²) in [6, 6.07) is 7.55. The first-order valence-electron chi connectivity index (χ1n) is 7.39. The van der Waals surface area contributed by atoms with Crippen LogP contribution in [0.5, 0.6) is 0 Å². The zero-order chi connectivity index (χ0) is 16.5. The summed E-state index contributed by atoms with van der Waals surface area (Å²) in [5, 5.41) is 4.16. The molecule has 2 rings (SSSR count). The van der Waals surface area contributed by atoms with Gasteiger partial charge in [-0.1, -0.05) is 26.0 Å². The number of benzene rings is 1. The van der Waals surface area contributed by atoms with Crippen LogP contribution in [0.1, 0.15) is 43.1 Å². The van der Waals surface area contributed by atoms with Crippen LogP contribution in [0.2, 0.25) is 0 Å². The van der Waals surface area contributed by atoms with Crippen LogP contribution in [-0.2, 0) is 17.1 Å². The minimum absolute atomic E-state index is 0.251. The first kappa shape index (κ1) is 16.5. The highest BCUT2D eigenvalue weighted by Gasteiger charge is 2.23. The maximum Gasteiger partial charge on any atom is 0.265 e. The van der Waals surface area contributed by atoms with Crippen LogP contribution >= 0.6 is 0 Å². The molecule has 1 aromatic heterocycles. The fourth-order valence-corrected chi connectivity index (χ4v) is 3.96. The van der Waals surface area contributed by atoms with Crippen LogP contribution in [0.25, 0.3) is 0 Å². The Labute approximate surface area is 132 Å². The Hall–Kier alpha value is -1.82. The number of anilines is 1. The molecule has 0 aliphatic carbocycles. The molecule has 1 N–H and O–H groups in total. The largest absolute Gasteiger partial charge is 0.280 e. The molecule has 2 aromatic rings. The third-order valence-electron chi connectivity index (χ3n) is 4.06. The molecule has 0 fully saturated rings. The van der Waals surface area contributed by atoms with Crippen LogP contribution in [0.3, 0.4) is 0 Å². The molecule has 0 aliphatic heterocycles. The number of hydrogen-bond acceptors (Lipinski definition) is 3. The Morgan fingerprint density at radius 1 is 1.23 bits per heavy atom. The number of nitrogens with zero attached hydrogens (tertiary/aromatic N) is 2. The summed E-state index contributed by atoms with van der Waals surface area (Å²) in [4.78, 5) is 0.251. The molecule has 1 atom stereocenters. The number of rotatable bonds is 5. The van der Waals surface area contributed by atoms with Gasteiger partial charge in [0, 0.05) is 12.7 Å². The summed E-state index contributed by atoms with van der Waals surface area (Å²) in [7, 11) is -1.89. The van der Waals surface area contributed by atoms with E-state index in [9.17, 15) is 8.42 Å². The van der Waals surface area contributed by atoms with Gasteiger partial charge in [-0.25, -0.2) is 8.42 Å². The third kappa shape index (κ3) is 3.16. The summed E-state index contributed by atoms with van der Waals surface area (Å²) in [5.74, 6) is 0.466. The van der Waals surface area contributed by atoms with Gasteiger partial charge in [0.05, 0.1) is 11.4 Å². The molecule has 0 aliphatic rings.